The summed E-state index contributed by atoms with van der Waals surface area (Å²) >= 11 is 6.30. The van der Waals surface area contributed by atoms with Crippen molar-refractivity contribution in [1.29, 1.82) is 0 Å². The number of nitrogens with one attached hydrogen (secondary N) is 1. The lowest BCUT2D eigenvalue weighted by atomic mass is 9.96. The molecule has 3 aromatic carbocycles. The largest absolute Gasteiger partial charge is 0.454 e. The van der Waals surface area contributed by atoms with Crippen LogP contribution in [0.25, 0.3) is 22.2 Å². The fourth-order valence-electron chi connectivity index (χ4n) is 3.98. The number of fused-ring (bicyclic) bond motifs is 2. The Hall–Kier alpha value is -3.90. The molecule has 0 aliphatic carbocycles. The second-order valence-electron chi connectivity index (χ2n) is 8.43. The van der Waals surface area contributed by atoms with E-state index in [9.17, 15) is 4.79 Å². The molecule has 0 fully saturated rings. The van der Waals surface area contributed by atoms with Gasteiger partial charge in [-0.25, -0.2) is 10.4 Å². The Morgan fingerprint density at radius 2 is 1.86 bits per heavy atom. The number of ether oxygens (including phenoxy) is 2. The van der Waals surface area contributed by atoms with E-state index in [2.05, 4.69) is 48.6 Å². The third-order valence-corrected chi connectivity index (χ3v) is 6.54. The molecule has 1 aliphatic heterocycles. The average Bonchev–Trinajstić information content (AvgIpc) is 3.34. The van der Waals surface area contributed by atoms with E-state index in [1.165, 1.54) is 11.8 Å². The van der Waals surface area contributed by atoms with Crippen LogP contribution in [0.1, 0.15) is 47.7 Å². The number of amides is 1. The number of hydrogen-bond donors (Lipinski definition) is 1. The van der Waals surface area contributed by atoms with Gasteiger partial charge in [-0.05, 0) is 36.1 Å². The Morgan fingerprint density at radius 1 is 1.11 bits per heavy atom. The molecule has 0 unspecified atom stereocenters. The number of pyridine rings is 1. The first-order chi connectivity index (χ1) is 17.0. The minimum Gasteiger partial charge on any atom is -0.454 e. The number of carbonyl (C=O) groups excluding carboxylic acids is 1. The molecule has 4 aromatic rings. The molecule has 0 bridgehead atoms. The molecular weight excluding hydrogens is 462 g/mol. The normalized spacial score (nSPS) is 13.3. The van der Waals surface area contributed by atoms with Gasteiger partial charge in [-0.3, -0.25) is 4.79 Å². The summed E-state index contributed by atoms with van der Waals surface area (Å²) in [6.07, 6.45) is 2.57. The maximum absolute atomic E-state index is 13.2. The second-order valence-corrected chi connectivity index (χ2v) is 8.84. The van der Waals surface area contributed by atoms with Gasteiger partial charge in [0.15, 0.2) is 11.5 Å². The zero-order valence-electron chi connectivity index (χ0n) is 19.4. The Labute approximate surface area is 208 Å². The summed E-state index contributed by atoms with van der Waals surface area (Å²) in [5.41, 5.74) is 7.42. The lowest BCUT2D eigenvalue weighted by molar-refractivity contribution is 0.0956. The van der Waals surface area contributed by atoms with Gasteiger partial charge < -0.3 is 9.47 Å². The van der Waals surface area contributed by atoms with Crippen LogP contribution in [0.4, 0.5) is 0 Å². The fourth-order valence-corrected chi connectivity index (χ4v) is 4.18. The summed E-state index contributed by atoms with van der Waals surface area (Å²) in [6, 6.07) is 21.1. The maximum Gasteiger partial charge on any atom is 0.272 e. The van der Waals surface area contributed by atoms with Crippen molar-refractivity contribution in [1.82, 2.24) is 10.4 Å². The van der Waals surface area contributed by atoms with Gasteiger partial charge in [0.2, 0.25) is 6.79 Å². The van der Waals surface area contributed by atoms with Gasteiger partial charge in [-0.15, -0.1) is 0 Å². The smallest absolute Gasteiger partial charge is 0.272 e. The average molecular weight is 486 g/mol. The van der Waals surface area contributed by atoms with E-state index in [1.807, 2.05) is 24.3 Å². The third-order valence-electron chi connectivity index (χ3n) is 6.21. The number of aromatic nitrogens is 1. The second kappa shape index (κ2) is 9.76. The van der Waals surface area contributed by atoms with Gasteiger partial charge in [-0.1, -0.05) is 67.9 Å². The molecule has 0 saturated carbocycles. The summed E-state index contributed by atoms with van der Waals surface area (Å²) < 4.78 is 10.7. The van der Waals surface area contributed by atoms with Crippen LogP contribution in [-0.4, -0.2) is 23.9 Å². The molecule has 5 rings (SSSR count). The lowest BCUT2D eigenvalue weighted by Crippen LogP contribution is -2.18. The van der Waals surface area contributed by atoms with Crippen molar-refractivity contribution in [2.75, 3.05) is 6.79 Å². The van der Waals surface area contributed by atoms with Crippen molar-refractivity contribution < 1.29 is 14.3 Å². The van der Waals surface area contributed by atoms with Crippen LogP contribution in [0.3, 0.4) is 0 Å². The van der Waals surface area contributed by atoms with E-state index in [1.54, 1.807) is 18.2 Å². The molecule has 1 amide bonds. The van der Waals surface area contributed by atoms with Crippen LogP contribution < -0.4 is 14.9 Å². The van der Waals surface area contributed by atoms with Crippen LogP contribution in [0, 0.1) is 0 Å². The summed E-state index contributed by atoms with van der Waals surface area (Å²) in [7, 11) is 0. The van der Waals surface area contributed by atoms with E-state index < -0.39 is 0 Å². The van der Waals surface area contributed by atoms with Gasteiger partial charge in [0.25, 0.3) is 5.91 Å². The Bertz CT molecular complexity index is 1430. The molecule has 0 saturated heterocycles. The first-order valence-corrected chi connectivity index (χ1v) is 11.8. The van der Waals surface area contributed by atoms with Crippen LogP contribution >= 0.6 is 11.6 Å². The highest BCUT2D eigenvalue weighted by atomic mass is 35.5. The maximum atomic E-state index is 13.2. The van der Waals surface area contributed by atoms with Crippen molar-refractivity contribution in [3.8, 4) is 22.8 Å². The highest BCUT2D eigenvalue weighted by Gasteiger charge is 2.17. The summed E-state index contributed by atoms with van der Waals surface area (Å²) in [5, 5.41) is 5.33. The van der Waals surface area contributed by atoms with Gasteiger partial charge in [-0.2, -0.15) is 5.10 Å². The van der Waals surface area contributed by atoms with Crippen LogP contribution in [-0.2, 0) is 0 Å². The first kappa shape index (κ1) is 22.9. The molecule has 1 N–H and O–H groups in total. The van der Waals surface area contributed by atoms with Crippen molar-refractivity contribution >= 4 is 34.6 Å². The topological polar surface area (TPSA) is 72.8 Å². The number of para-hydroxylation sites is 1. The van der Waals surface area contributed by atoms with Gasteiger partial charge in [0.05, 0.1) is 28.0 Å². The lowest BCUT2D eigenvalue weighted by Gasteiger charge is -2.11. The molecule has 176 valence electrons. The number of hydrazone groups is 1. The molecule has 1 aromatic heterocycles. The predicted molar refractivity (Wildman–Crippen MR) is 139 cm³/mol. The molecule has 35 heavy (non-hydrogen) atoms. The van der Waals surface area contributed by atoms with E-state index in [0.717, 1.165) is 28.6 Å². The molecule has 1 atom stereocenters. The molecular formula is C28H24ClN3O3. The highest BCUT2D eigenvalue weighted by Crippen LogP contribution is 2.36. The molecule has 1 aliphatic rings. The quantitative estimate of drug-likeness (QED) is 0.248. The number of rotatable bonds is 6. The van der Waals surface area contributed by atoms with Crippen molar-refractivity contribution in [2.45, 2.75) is 26.2 Å². The predicted octanol–water partition coefficient (Wildman–Crippen LogP) is 6.56. The summed E-state index contributed by atoms with van der Waals surface area (Å²) in [5.74, 6) is 1.33. The number of hydrogen-bond acceptors (Lipinski definition) is 5. The molecule has 0 radical (unpaired) electrons. The van der Waals surface area contributed by atoms with Crippen LogP contribution in [0.5, 0.6) is 11.5 Å². The van der Waals surface area contributed by atoms with Crippen molar-refractivity contribution in [3.63, 3.8) is 0 Å². The van der Waals surface area contributed by atoms with Gasteiger partial charge >= 0.3 is 0 Å². The Kier molecular flexibility index (Phi) is 6.38. The van der Waals surface area contributed by atoms with Crippen LogP contribution in [0.15, 0.2) is 71.8 Å². The Balaban J connectivity index is 1.43. The summed E-state index contributed by atoms with van der Waals surface area (Å²) in [6.45, 7) is 4.54. The van der Waals surface area contributed by atoms with Crippen LogP contribution in [0.2, 0.25) is 5.02 Å². The number of halogens is 1. The zero-order valence-corrected chi connectivity index (χ0v) is 20.2. The zero-order chi connectivity index (χ0) is 24.4. The molecule has 6 nitrogen and oxygen atoms in total. The van der Waals surface area contributed by atoms with E-state index in [0.29, 0.717) is 33.6 Å². The van der Waals surface area contributed by atoms with E-state index in [4.69, 9.17) is 26.1 Å². The van der Waals surface area contributed by atoms with E-state index >= 15 is 0 Å². The minimum absolute atomic E-state index is 0.154. The SMILES string of the molecule is CC[C@@H](C)c1ccc(-c2cc(C(=O)NN=Cc3cc4c(cc3Cl)OCO4)c3ccccc3n2)cc1. The van der Waals surface area contributed by atoms with Crippen molar-refractivity contribution in [3.05, 3.63) is 88.4 Å². The standard InChI is InChI=1S/C28H24ClN3O3/c1-3-17(2)18-8-10-19(11-9-18)25-13-22(21-6-4-5-7-24(21)31-25)28(33)32-30-15-20-12-26-27(14-23(20)29)35-16-34-26/h4-15,17H,3,16H2,1-2H3,(H,32,33)/t17-/m1/s1. The monoisotopic (exact) mass is 485 g/mol. The molecule has 0 spiro atoms. The minimum atomic E-state index is -0.339. The van der Waals surface area contributed by atoms with Crippen molar-refractivity contribution in [2.24, 2.45) is 5.10 Å². The summed E-state index contributed by atoms with van der Waals surface area (Å²) in [4.78, 5) is 18.0. The Morgan fingerprint density at radius 3 is 2.63 bits per heavy atom. The molecule has 2 heterocycles. The van der Waals surface area contributed by atoms with Gasteiger partial charge in [0.1, 0.15) is 0 Å². The molecule has 7 heteroatoms. The number of carbonyl (C=O) groups is 1. The first-order valence-electron chi connectivity index (χ1n) is 11.5. The fraction of sp³-hybridized carbons (Fsp3) is 0.179. The van der Waals surface area contributed by atoms with E-state index in [-0.39, 0.29) is 12.7 Å². The van der Waals surface area contributed by atoms with Gasteiger partial charge in [0, 0.05) is 22.6 Å². The number of benzene rings is 3. The number of nitrogens with zero attached hydrogens (tertiary/aromatic N) is 2. The third kappa shape index (κ3) is 4.70. The highest BCUT2D eigenvalue weighted by molar-refractivity contribution is 6.33.